The minimum atomic E-state index is -1.26. The minimum absolute atomic E-state index is 0.581. The van der Waals surface area contributed by atoms with E-state index in [2.05, 4.69) is 11.8 Å². The van der Waals surface area contributed by atoms with Crippen molar-refractivity contribution in [1.82, 2.24) is 5.23 Å². The van der Waals surface area contributed by atoms with E-state index >= 15 is 0 Å². The zero-order chi connectivity index (χ0) is 10.4. The van der Waals surface area contributed by atoms with Crippen molar-refractivity contribution < 1.29 is 14.6 Å². The number of benzene rings is 1. The molecule has 0 bridgehead atoms. The van der Waals surface area contributed by atoms with E-state index in [-0.39, 0.29) is 0 Å². The van der Waals surface area contributed by atoms with Gasteiger partial charge in [-0.1, -0.05) is 36.9 Å². The molecule has 0 aliphatic carbocycles. The monoisotopic (exact) mass is 191 g/mol. The van der Waals surface area contributed by atoms with Crippen molar-refractivity contribution in [2.75, 3.05) is 0 Å². The molecule has 0 aliphatic heterocycles. The quantitative estimate of drug-likeness (QED) is 0.527. The zero-order valence-corrected chi connectivity index (χ0v) is 7.63. The molecule has 1 rings (SSSR count). The first-order valence-corrected chi connectivity index (χ1v) is 4.17. The summed E-state index contributed by atoms with van der Waals surface area (Å²) >= 11 is 0. The molecule has 3 N–H and O–H groups in total. The van der Waals surface area contributed by atoms with Crippen LogP contribution in [0.1, 0.15) is 0 Å². The van der Waals surface area contributed by atoms with Gasteiger partial charge in [0.2, 0.25) is 0 Å². The van der Waals surface area contributed by atoms with Crippen LogP contribution in [0.15, 0.2) is 43.1 Å². The Labute approximate surface area is 83.5 Å². The fraction of sp³-hybridized carbons (Fsp3) is 0. The topological polar surface area (TPSA) is 61.7 Å². The van der Waals surface area contributed by atoms with Crippen LogP contribution in [-0.4, -0.2) is 24.4 Å². The van der Waals surface area contributed by atoms with Crippen molar-refractivity contribution in [3.63, 3.8) is 0 Å². The molecule has 0 unspecified atom stereocenters. The lowest BCUT2D eigenvalue weighted by Crippen LogP contribution is -2.44. The van der Waals surface area contributed by atoms with E-state index in [9.17, 15) is 5.02 Å². The van der Waals surface area contributed by atoms with Crippen LogP contribution in [0.4, 0.5) is 0 Å². The van der Waals surface area contributed by atoms with Gasteiger partial charge in [-0.15, -0.1) is 0 Å². The minimum Gasteiger partial charge on any atom is -0.427 e. The van der Waals surface area contributed by atoms with Crippen LogP contribution in [0, 0.1) is 0 Å². The molecule has 0 amide bonds. The fourth-order valence-corrected chi connectivity index (χ4v) is 0.958. The maximum Gasteiger partial charge on any atom is 0.573 e. The first-order valence-electron chi connectivity index (χ1n) is 4.17. The molecule has 0 aliphatic rings. The van der Waals surface area contributed by atoms with E-state index in [1.54, 1.807) is 24.3 Å². The van der Waals surface area contributed by atoms with Crippen LogP contribution in [0.3, 0.4) is 0 Å². The Morgan fingerprint density at radius 1 is 1.29 bits per heavy atom. The van der Waals surface area contributed by atoms with Crippen molar-refractivity contribution in [3.8, 4) is 0 Å². The van der Waals surface area contributed by atoms with E-state index in [0.717, 1.165) is 0 Å². The number of rotatable bonds is 5. The van der Waals surface area contributed by atoms with Crippen molar-refractivity contribution in [1.29, 1.82) is 0 Å². The number of hydrogen-bond donors (Lipinski definition) is 3. The van der Waals surface area contributed by atoms with Gasteiger partial charge in [-0.3, -0.25) is 0 Å². The smallest absolute Gasteiger partial charge is 0.427 e. The van der Waals surface area contributed by atoms with E-state index in [0.29, 0.717) is 5.46 Å². The van der Waals surface area contributed by atoms with Gasteiger partial charge in [-0.25, -0.2) is 0 Å². The highest BCUT2D eigenvalue weighted by atomic mass is 16.6. The molecule has 0 spiro atoms. The molecule has 0 radical (unpaired) electrons. The van der Waals surface area contributed by atoms with Gasteiger partial charge in [0.05, 0.1) is 0 Å². The zero-order valence-electron chi connectivity index (χ0n) is 7.63. The standard InChI is InChI=1S/C8H11B2NO3/c1-2-11-10(13)14-9(12)8-6-4-3-5-7-8/h2-7,11-13H,1H2. The second kappa shape index (κ2) is 5.49. The second-order valence-electron chi connectivity index (χ2n) is 2.62. The third-order valence-electron chi connectivity index (χ3n) is 1.60. The summed E-state index contributed by atoms with van der Waals surface area (Å²) in [7, 11) is -2.42. The third kappa shape index (κ3) is 3.26. The van der Waals surface area contributed by atoms with Gasteiger partial charge in [0.15, 0.2) is 0 Å². The lowest BCUT2D eigenvalue weighted by Gasteiger charge is -2.10. The molecular formula is C8H11B2NO3. The van der Waals surface area contributed by atoms with Gasteiger partial charge in [0.25, 0.3) is 0 Å². The molecule has 1 aromatic rings. The molecule has 14 heavy (non-hydrogen) atoms. The summed E-state index contributed by atoms with van der Waals surface area (Å²) < 4.78 is 4.81. The van der Waals surface area contributed by atoms with Crippen molar-refractivity contribution >= 4 is 19.8 Å². The Morgan fingerprint density at radius 3 is 2.50 bits per heavy atom. The van der Waals surface area contributed by atoms with Crippen molar-refractivity contribution in [2.45, 2.75) is 0 Å². The third-order valence-corrected chi connectivity index (χ3v) is 1.60. The summed E-state index contributed by atoms with van der Waals surface area (Å²) in [6.07, 6.45) is 1.28. The van der Waals surface area contributed by atoms with Gasteiger partial charge in [-0.2, -0.15) is 0 Å². The Hall–Kier alpha value is -1.23. The van der Waals surface area contributed by atoms with E-state index < -0.39 is 14.4 Å². The molecular weight excluding hydrogens is 180 g/mol. The van der Waals surface area contributed by atoms with Crippen LogP contribution in [0.25, 0.3) is 0 Å². The predicted octanol–water partition coefficient (Wildman–Crippen LogP) is -0.899. The Kier molecular flexibility index (Phi) is 4.25. The molecule has 0 atom stereocenters. The molecule has 72 valence electrons. The highest BCUT2D eigenvalue weighted by Crippen LogP contribution is 1.88. The van der Waals surface area contributed by atoms with E-state index in [1.807, 2.05) is 6.07 Å². The van der Waals surface area contributed by atoms with Gasteiger partial charge in [-0.05, 0) is 11.7 Å². The molecule has 4 nitrogen and oxygen atoms in total. The van der Waals surface area contributed by atoms with Crippen LogP contribution in [0.2, 0.25) is 0 Å². The van der Waals surface area contributed by atoms with Crippen molar-refractivity contribution in [3.05, 3.63) is 43.1 Å². The van der Waals surface area contributed by atoms with Crippen LogP contribution in [-0.2, 0) is 4.57 Å². The maximum atomic E-state index is 9.46. The normalized spacial score (nSPS) is 9.29. The maximum absolute atomic E-state index is 9.46. The van der Waals surface area contributed by atoms with Crippen LogP contribution < -0.4 is 10.7 Å². The first-order chi connectivity index (χ1) is 6.74. The fourth-order valence-electron chi connectivity index (χ4n) is 0.958. The molecule has 0 saturated heterocycles. The van der Waals surface area contributed by atoms with Gasteiger partial charge in [0, 0.05) is 0 Å². The lowest BCUT2D eigenvalue weighted by atomic mass is 9.77. The summed E-state index contributed by atoms with van der Waals surface area (Å²) in [5.41, 5.74) is 0.581. The molecule has 6 heteroatoms. The average Bonchev–Trinajstić information content (AvgIpc) is 2.19. The van der Waals surface area contributed by atoms with E-state index in [4.69, 9.17) is 9.60 Å². The molecule has 0 saturated carbocycles. The van der Waals surface area contributed by atoms with E-state index in [1.165, 1.54) is 6.20 Å². The average molecular weight is 191 g/mol. The Bertz CT molecular complexity index is 283. The summed E-state index contributed by atoms with van der Waals surface area (Å²) in [4.78, 5) is 0. The van der Waals surface area contributed by atoms with Crippen LogP contribution in [0.5, 0.6) is 0 Å². The Morgan fingerprint density at radius 2 is 1.93 bits per heavy atom. The molecule has 0 heterocycles. The molecule has 0 aromatic heterocycles. The van der Waals surface area contributed by atoms with Gasteiger partial charge in [0.1, 0.15) is 0 Å². The van der Waals surface area contributed by atoms with Crippen molar-refractivity contribution in [2.24, 2.45) is 0 Å². The van der Waals surface area contributed by atoms with Gasteiger partial charge < -0.3 is 19.8 Å². The number of hydrogen-bond acceptors (Lipinski definition) is 4. The summed E-state index contributed by atoms with van der Waals surface area (Å²) in [6.45, 7) is 3.35. The van der Waals surface area contributed by atoms with Crippen LogP contribution >= 0.6 is 0 Å². The largest absolute Gasteiger partial charge is 0.573 e. The SMILES string of the molecule is C=CNB(O)OB(O)c1ccccc1. The second-order valence-corrected chi connectivity index (χ2v) is 2.62. The summed E-state index contributed by atoms with van der Waals surface area (Å²) in [5, 5.41) is 21.0. The summed E-state index contributed by atoms with van der Waals surface area (Å²) in [6, 6.07) is 8.77. The Balaban J connectivity index is 2.50. The highest BCUT2D eigenvalue weighted by molar-refractivity contribution is 6.67. The summed E-state index contributed by atoms with van der Waals surface area (Å²) in [5.74, 6) is 0. The molecule has 1 aromatic carbocycles. The lowest BCUT2D eigenvalue weighted by molar-refractivity contribution is 0.359. The predicted molar refractivity (Wildman–Crippen MR) is 56.4 cm³/mol. The highest BCUT2D eigenvalue weighted by Gasteiger charge is 2.23. The number of nitrogens with one attached hydrogen (secondary N) is 1. The molecule has 0 fully saturated rings. The van der Waals surface area contributed by atoms with Gasteiger partial charge >= 0.3 is 14.4 Å². The first kappa shape index (κ1) is 10.8.